The van der Waals surface area contributed by atoms with Gasteiger partial charge in [-0.1, -0.05) is 24.3 Å². The van der Waals surface area contributed by atoms with Gasteiger partial charge in [-0.2, -0.15) is 5.10 Å². The first-order valence-electron chi connectivity index (χ1n) is 13.5. The van der Waals surface area contributed by atoms with Crippen LogP contribution in [0.25, 0.3) is 0 Å². The number of carbonyl (C=O) groups excluding carboxylic acids is 2. The molecule has 2 aromatic carbocycles. The molecule has 2 heterocycles. The summed E-state index contributed by atoms with van der Waals surface area (Å²) in [7, 11) is 0. The van der Waals surface area contributed by atoms with Crippen LogP contribution in [0.2, 0.25) is 0 Å². The fourth-order valence-electron chi connectivity index (χ4n) is 5.65. The molecule has 1 amide bonds. The summed E-state index contributed by atoms with van der Waals surface area (Å²) in [6.45, 7) is 6.09. The largest absolute Gasteiger partial charge is 0.451 e. The van der Waals surface area contributed by atoms with Gasteiger partial charge >= 0.3 is 5.97 Å². The third-order valence-corrected chi connectivity index (χ3v) is 7.66. The van der Waals surface area contributed by atoms with Gasteiger partial charge in [-0.25, -0.2) is 13.6 Å². The molecule has 11 heteroatoms. The van der Waals surface area contributed by atoms with Crippen molar-refractivity contribution in [1.29, 1.82) is 0 Å². The van der Waals surface area contributed by atoms with E-state index >= 15 is 8.78 Å². The highest BCUT2D eigenvalue weighted by Crippen LogP contribution is 2.45. The Kier molecular flexibility index (Phi) is 7.41. The Morgan fingerprint density at radius 3 is 2.20 bits per heavy atom. The van der Waals surface area contributed by atoms with Gasteiger partial charge in [0.25, 0.3) is 5.91 Å². The van der Waals surface area contributed by atoms with E-state index in [1.165, 1.54) is 30.7 Å². The van der Waals surface area contributed by atoms with Crippen molar-refractivity contribution in [2.75, 3.05) is 13.3 Å². The number of rotatable bonds is 6. The number of hydrogen-bond donors (Lipinski definition) is 1. The highest BCUT2D eigenvalue weighted by atomic mass is 19.1. The molecule has 216 valence electrons. The number of amides is 1. The van der Waals surface area contributed by atoms with Gasteiger partial charge in [-0.15, -0.1) is 0 Å². The third-order valence-electron chi connectivity index (χ3n) is 7.66. The maximum Gasteiger partial charge on any atom is 0.328 e. The van der Waals surface area contributed by atoms with E-state index in [9.17, 15) is 14.4 Å². The van der Waals surface area contributed by atoms with Gasteiger partial charge in [-0.3, -0.25) is 14.3 Å². The number of aromatic nitrogens is 2. The molecule has 0 bridgehead atoms. The summed E-state index contributed by atoms with van der Waals surface area (Å²) in [4.78, 5) is 40.5. The van der Waals surface area contributed by atoms with Crippen LogP contribution in [-0.4, -0.2) is 51.5 Å². The van der Waals surface area contributed by atoms with Gasteiger partial charge < -0.3 is 20.1 Å². The van der Waals surface area contributed by atoms with Gasteiger partial charge in [-0.05, 0) is 74.9 Å². The van der Waals surface area contributed by atoms with E-state index in [2.05, 4.69) is 5.10 Å². The fourth-order valence-corrected chi connectivity index (χ4v) is 5.65. The van der Waals surface area contributed by atoms with Gasteiger partial charge in [0.1, 0.15) is 17.2 Å². The van der Waals surface area contributed by atoms with Crippen LogP contribution >= 0.6 is 0 Å². The van der Waals surface area contributed by atoms with Crippen molar-refractivity contribution in [1.82, 2.24) is 14.7 Å². The Labute approximate surface area is 235 Å². The maximum atomic E-state index is 15.2. The van der Waals surface area contributed by atoms with Gasteiger partial charge in [0, 0.05) is 18.5 Å². The molecule has 1 aromatic heterocycles. The normalized spacial score (nSPS) is 17.0. The van der Waals surface area contributed by atoms with Crippen LogP contribution in [0.4, 0.5) is 8.78 Å². The minimum atomic E-state index is -1.30. The van der Waals surface area contributed by atoms with Crippen molar-refractivity contribution in [3.05, 3.63) is 92.4 Å². The fraction of sp³-hybridized carbons (Fsp3) is 0.400. The van der Waals surface area contributed by atoms with Crippen molar-refractivity contribution in [2.24, 2.45) is 5.73 Å². The Morgan fingerprint density at radius 2 is 1.66 bits per heavy atom. The second-order valence-corrected chi connectivity index (χ2v) is 11.3. The molecule has 1 atom stereocenters. The number of ether oxygens (including phenoxy) is 2. The van der Waals surface area contributed by atoms with E-state index in [-0.39, 0.29) is 24.0 Å². The average Bonchev–Trinajstić information content (AvgIpc) is 3.08. The number of benzene rings is 2. The molecule has 0 unspecified atom stereocenters. The van der Waals surface area contributed by atoms with Crippen molar-refractivity contribution >= 4 is 11.9 Å². The number of nitrogens with zero attached hydrogens (tertiary/aromatic N) is 3. The van der Waals surface area contributed by atoms with Gasteiger partial charge in [0.05, 0.1) is 12.2 Å². The maximum absolute atomic E-state index is 15.2. The SMILES string of the molecule is CC(C)N1C[C@H](C2c3cccc(F)c3CCc3c(F)cccc32)n2ncc(=O)c(OCOC(=O)C(C)(C)N)c2C1=O. The van der Waals surface area contributed by atoms with Gasteiger partial charge in [0.2, 0.25) is 18.0 Å². The molecule has 0 saturated heterocycles. The second kappa shape index (κ2) is 10.7. The number of halogens is 2. The molecule has 0 spiro atoms. The summed E-state index contributed by atoms with van der Waals surface area (Å²) in [6, 6.07) is 8.67. The Hall–Kier alpha value is -4.12. The zero-order valence-electron chi connectivity index (χ0n) is 23.3. The van der Waals surface area contributed by atoms with E-state index < -0.39 is 53.2 Å². The van der Waals surface area contributed by atoms with E-state index in [1.807, 2.05) is 26.0 Å². The molecular formula is C30H32F2N4O5. The van der Waals surface area contributed by atoms with Crippen LogP contribution in [-0.2, 0) is 22.4 Å². The highest BCUT2D eigenvalue weighted by molar-refractivity contribution is 5.96. The first-order chi connectivity index (χ1) is 19.4. The van der Waals surface area contributed by atoms with Crippen molar-refractivity contribution in [3.8, 4) is 5.75 Å². The molecule has 5 rings (SSSR count). The van der Waals surface area contributed by atoms with Crippen molar-refractivity contribution in [2.45, 2.75) is 64.1 Å². The summed E-state index contributed by atoms with van der Waals surface area (Å²) in [6.07, 6.45) is 1.62. The lowest BCUT2D eigenvalue weighted by atomic mass is 9.81. The van der Waals surface area contributed by atoms with Crippen LogP contribution < -0.4 is 15.9 Å². The smallest absolute Gasteiger partial charge is 0.328 e. The summed E-state index contributed by atoms with van der Waals surface area (Å²) < 4.78 is 42.5. The summed E-state index contributed by atoms with van der Waals surface area (Å²) in [5.74, 6) is -3.00. The first kappa shape index (κ1) is 28.4. The lowest BCUT2D eigenvalue weighted by Gasteiger charge is -2.41. The lowest BCUT2D eigenvalue weighted by molar-refractivity contribution is -0.155. The molecular weight excluding hydrogens is 534 g/mol. The molecule has 9 nitrogen and oxygen atoms in total. The minimum Gasteiger partial charge on any atom is -0.451 e. The Bertz CT molecular complexity index is 1530. The van der Waals surface area contributed by atoms with Crippen LogP contribution in [0.5, 0.6) is 5.75 Å². The number of hydrogen-bond acceptors (Lipinski definition) is 7. The van der Waals surface area contributed by atoms with Gasteiger partial charge in [0.15, 0.2) is 5.69 Å². The highest BCUT2D eigenvalue weighted by Gasteiger charge is 2.43. The number of esters is 1. The summed E-state index contributed by atoms with van der Waals surface area (Å²) in [5.41, 5.74) is 5.91. The Balaban J connectivity index is 1.69. The van der Waals surface area contributed by atoms with Crippen molar-refractivity contribution < 1.29 is 27.8 Å². The van der Waals surface area contributed by atoms with Crippen molar-refractivity contribution in [3.63, 3.8) is 0 Å². The molecule has 0 saturated carbocycles. The van der Waals surface area contributed by atoms with E-state index in [4.69, 9.17) is 15.2 Å². The van der Waals surface area contributed by atoms with E-state index in [0.29, 0.717) is 35.1 Å². The van der Waals surface area contributed by atoms with E-state index in [1.54, 1.807) is 17.0 Å². The molecule has 0 fully saturated rings. The monoisotopic (exact) mass is 566 g/mol. The zero-order valence-corrected chi connectivity index (χ0v) is 23.3. The molecule has 2 N–H and O–H groups in total. The predicted molar refractivity (Wildman–Crippen MR) is 146 cm³/mol. The topological polar surface area (TPSA) is 117 Å². The number of carbonyl (C=O) groups is 2. The molecule has 3 aromatic rings. The quantitative estimate of drug-likeness (QED) is 0.359. The number of nitrogens with two attached hydrogens (primary N) is 1. The van der Waals surface area contributed by atoms with Crippen LogP contribution in [0.3, 0.4) is 0 Å². The van der Waals surface area contributed by atoms with Crippen LogP contribution in [0.15, 0.2) is 47.4 Å². The molecule has 2 aliphatic rings. The zero-order chi connectivity index (χ0) is 29.6. The molecule has 41 heavy (non-hydrogen) atoms. The molecule has 1 aliphatic heterocycles. The second-order valence-electron chi connectivity index (χ2n) is 11.3. The predicted octanol–water partition coefficient (Wildman–Crippen LogP) is 3.47. The third kappa shape index (κ3) is 5.10. The lowest BCUT2D eigenvalue weighted by Crippen LogP contribution is -2.50. The standard InChI is InChI=1S/C30H32F2N4O5/c1-16(2)35-14-23(25-19-7-5-9-21(31)17(19)11-12-18-20(25)8-6-10-22(18)32)36-26(28(35)38)27(24(37)13-34-36)40-15-41-29(39)30(3,4)33/h5-10,13,16,23,25H,11-12,14-15,33H2,1-4H3/t23-/m1/s1. The summed E-state index contributed by atoms with van der Waals surface area (Å²) in [5, 5.41) is 4.35. The van der Waals surface area contributed by atoms with Crippen LogP contribution in [0, 0.1) is 11.6 Å². The van der Waals surface area contributed by atoms with Crippen LogP contribution in [0.1, 0.15) is 72.4 Å². The molecule has 0 radical (unpaired) electrons. The van der Waals surface area contributed by atoms with E-state index in [0.717, 1.165) is 6.20 Å². The number of fused-ring (bicyclic) bond motifs is 3. The first-order valence-corrected chi connectivity index (χ1v) is 13.5. The average molecular weight is 567 g/mol. The molecule has 1 aliphatic carbocycles. The Morgan fingerprint density at radius 1 is 1.07 bits per heavy atom. The minimum absolute atomic E-state index is 0.134. The summed E-state index contributed by atoms with van der Waals surface area (Å²) >= 11 is 0.